The molecule has 0 aliphatic carbocycles. The van der Waals surface area contributed by atoms with Gasteiger partial charge in [0.1, 0.15) is 5.82 Å². The summed E-state index contributed by atoms with van der Waals surface area (Å²) in [6, 6.07) is 0. The topological polar surface area (TPSA) is 76.4 Å². The quantitative estimate of drug-likeness (QED) is 0.515. The molecule has 0 aliphatic rings. The van der Waals surface area contributed by atoms with Crippen molar-refractivity contribution in [2.75, 3.05) is 12.3 Å². The van der Waals surface area contributed by atoms with Crippen molar-refractivity contribution in [3.8, 4) is 0 Å². The van der Waals surface area contributed by atoms with Gasteiger partial charge in [0.2, 0.25) is 5.82 Å². The van der Waals surface area contributed by atoms with E-state index in [0.717, 1.165) is 0 Å². The van der Waals surface area contributed by atoms with Crippen LogP contribution in [0.3, 0.4) is 0 Å². The standard InChI is InChI=1S/C7H12BN3O3/c1-8(13)10-5-4-11(2)6(9-5)7(12)14-3/h4,10,13H,1-3H3. The fourth-order valence-corrected chi connectivity index (χ4v) is 1.03. The average Bonchev–Trinajstić information content (AvgIpc) is 2.44. The highest BCUT2D eigenvalue weighted by Crippen LogP contribution is 2.07. The van der Waals surface area contributed by atoms with Crippen LogP contribution in [0.25, 0.3) is 0 Å². The normalized spacial score (nSPS) is 9.71. The van der Waals surface area contributed by atoms with Gasteiger partial charge in [0.25, 0.3) is 0 Å². The minimum Gasteiger partial charge on any atom is -0.463 e. The van der Waals surface area contributed by atoms with Crippen LogP contribution in [0.5, 0.6) is 0 Å². The molecule has 7 heteroatoms. The van der Waals surface area contributed by atoms with E-state index in [9.17, 15) is 4.79 Å². The Kier molecular flexibility index (Phi) is 3.13. The van der Waals surface area contributed by atoms with Crippen LogP contribution in [0.4, 0.5) is 5.82 Å². The Balaban J connectivity index is 2.87. The molecule has 1 rings (SSSR count). The van der Waals surface area contributed by atoms with Gasteiger partial charge in [0.15, 0.2) is 0 Å². The molecule has 0 bridgehead atoms. The maximum absolute atomic E-state index is 11.1. The zero-order valence-corrected chi connectivity index (χ0v) is 8.31. The van der Waals surface area contributed by atoms with E-state index < -0.39 is 13.0 Å². The summed E-state index contributed by atoms with van der Waals surface area (Å²) in [5, 5.41) is 11.7. The number of hydrogen-bond acceptors (Lipinski definition) is 5. The van der Waals surface area contributed by atoms with E-state index in [1.807, 2.05) is 0 Å². The highest BCUT2D eigenvalue weighted by Gasteiger charge is 2.15. The van der Waals surface area contributed by atoms with Crippen LogP contribution in [0.15, 0.2) is 6.20 Å². The molecule has 0 fully saturated rings. The lowest BCUT2D eigenvalue weighted by molar-refractivity contribution is 0.0583. The summed E-state index contributed by atoms with van der Waals surface area (Å²) in [4.78, 5) is 15.1. The van der Waals surface area contributed by atoms with Gasteiger partial charge in [0, 0.05) is 13.2 Å². The predicted molar refractivity (Wildman–Crippen MR) is 52.0 cm³/mol. The molecule has 0 saturated carbocycles. The van der Waals surface area contributed by atoms with Gasteiger partial charge in [-0.25, -0.2) is 9.78 Å². The summed E-state index contributed by atoms with van der Waals surface area (Å²) in [7, 11) is 2.25. The van der Waals surface area contributed by atoms with Crippen LogP contribution < -0.4 is 5.23 Å². The van der Waals surface area contributed by atoms with Crippen LogP contribution in [0, 0.1) is 0 Å². The zero-order chi connectivity index (χ0) is 10.7. The lowest BCUT2D eigenvalue weighted by Crippen LogP contribution is -2.19. The number of aryl methyl sites for hydroxylation is 1. The number of rotatable bonds is 3. The molecule has 0 amide bonds. The summed E-state index contributed by atoms with van der Waals surface area (Å²) >= 11 is 0. The Morgan fingerprint density at radius 2 is 2.43 bits per heavy atom. The number of nitrogens with zero attached hydrogens (tertiary/aromatic N) is 2. The number of hydrogen-bond donors (Lipinski definition) is 2. The molecular weight excluding hydrogens is 185 g/mol. The van der Waals surface area contributed by atoms with Crippen LogP contribution >= 0.6 is 0 Å². The van der Waals surface area contributed by atoms with Crippen molar-refractivity contribution in [1.82, 2.24) is 9.55 Å². The third kappa shape index (κ3) is 2.26. The fourth-order valence-electron chi connectivity index (χ4n) is 1.03. The minimum atomic E-state index is -0.713. The second-order valence-electron chi connectivity index (χ2n) is 2.87. The first-order valence-electron chi connectivity index (χ1n) is 4.11. The largest absolute Gasteiger partial charge is 0.463 e. The molecule has 2 N–H and O–H groups in total. The second-order valence-corrected chi connectivity index (χ2v) is 2.87. The number of aromatic nitrogens is 2. The van der Waals surface area contributed by atoms with Crippen molar-refractivity contribution in [3.05, 3.63) is 12.0 Å². The average molecular weight is 197 g/mol. The first-order valence-corrected chi connectivity index (χ1v) is 4.11. The van der Waals surface area contributed by atoms with Crippen LogP contribution in [-0.4, -0.2) is 34.7 Å². The smallest absolute Gasteiger partial charge is 0.408 e. The van der Waals surface area contributed by atoms with Crippen molar-refractivity contribution < 1.29 is 14.6 Å². The Morgan fingerprint density at radius 3 is 2.93 bits per heavy atom. The summed E-state index contributed by atoms with van der Waals surface area (Å²) in [6.07, 6.45) is 1.60. The summed E-state index contributed by atoms with van der Waals surface area (Å²) < 4.78 is 6.05. The van der Waals surface area contributed by atoms with Crippen LogP contribution in [0.2, 0.25) is 6.82 Å². The van der Waals surface area contributed by atoms with Crippen molar-refractivity contribution in [2.45, 2.75) is 6.82 Å². The van der Waals surface area contributed by atoms with Gasteiger partial charge in [0.05, 0.1) is 7.11 Å². The molecule has 0 atom stereocenters. The molecule has 0 aliphatic heterocycles. The third-order valence-electron chi connectivity index (χ3n) is 1.60. The van der Waals surface area contributed by atoms with Crippen LogP contribution in [0.1, 0.15) is 10.6 Å². The van der Waals surface area contributed by atoms with Gasteiger partial charge < -0.3 is 19.6 Å². The number of ether oxygens (including phenoxy) is 1. The molecule has 0 radical (unpaired) electrons. The molecule has 0 aromatic carbocycles. The van der Waals surface area contributed by atoms with E-state index >= 15 is 0 Å². The number of imidazole rings is 1. The van der Waals surface area contributed by atoms with Crippen molar-refractivity contribution in [1.29, 1.82) is 0 Å². The molecule has 0 saturated heterocycles. The lowest BCUT2D eigenvalue weighted by atomic mass is 9.89. The Bertz CT molecular complexity index is 337. The Hall–Kier alpha value is -1.50. The molecular formula is C7H12BN3O3. The van der Waals surface area contributed by atoms with Crippen LogP contribution in [-0.2, 0) is 11.8 Å². The predicted octanol–water partition coefficient (Wildman–Crippen LogP) is -0.271. The third-order valence-corrected chi connectivity index (χ3v) is 1.60. The maximum Gasteiger partial charge on any atom is 0.408 e. The number of carbonyl (C=O) groups excluding carboxylic acids is 1. The van der Waals surface area contributed by atoms with Crippen molar-refractivity contribution in [3.63, 3.8) is 0 Å². The second kappa shape index (κ2) is 4.14. The molecule has 76 valence electrons. The highest BCUT2D eigenvalue weighted by molar-refractivity contribution is 6.52. The molecule has 6 nitrogen and oxygen atoms in total. The SMILES string of the molecule is COC(=O)c1nc(NB(C)O)cn1C. The van der Waals surface area contributed by atoms with Gasteiger partial charge >= 0.3 is 13.0 Å². The van der Waals surface area contributed by atoms with Gasteiger partial charge in [-0.05, 0) is 6.82 Å². The van der Waals surface area contributed by atoms with E-state index in [1.54, 1.807) is 20.1 Å². The van der Waals surface area contributed by atoms with Gasteiger partial charge in [-0.1, -0.05) is 0 Å². The van der Waals surface area contributed by atoms with Gasteiger partial charge in [-0.15, -0.1) is 0 Å². The summed E-state index contributed by atoms with van der Waals surface area (Å²) in [5.74, 6) is 0.115. The lowest BCUT2D eigenvalue weighted by Gasteiger charge is -1.98. The van der Waals surface area contributed by atoms with Crippen molar-refractivity contribution in [2.24, 2.45) is 7.05 Å². The maximum atomic E-state index is 11.1. The first kappa shape index (κ1) is 10.6. The van der Waals surface area contributed by atoms with E-state index in [1.165, 1.54) is 11.7 Å². The number of methoxy groups -OCH3 is 1. The number of esters is 1. The molecule has 14 heavy (non-hydrogen) atoms. The van der Waals surface area contributed by atoms with Gasteiger partial charge in [-0.3, -0.25) is 0 Å². The zero-order valence-electron chi connectivity index (χ0n) is 8.31. The van der Waals surface area contributed by atoms with E-state index in [-0.39, 0.29) is 5.82 Å². The number of nitrogens with one attached hydrogen (secondary N) is 1. The first-order chi connectivity index (χ1) is 6.54. The van der Waals surface area contributed by atoms with Crippen molar-refractivity contribution >= 4 is 18.8 Å². The Morgan fingerprint density at radius 1 is 1.79 bits per heavy atom. The number of carbonyl (C=O) groups is 1. The summed E-state index contributed by atoms with van der Waals surface area (Å²) in [6.45, 7) is 1.56. The summed E-state index contributed by atoms with van der Waals surface area (Å²) in [5.41, 5.74) is 0. The van der Waals surface area contributed by atoms with Gasteiger partial charge in [-0.2, -0.15) is 0 Å². The molecule has 1 aromatic heterocycles. The fraction of sp³-hybridized carbons (Fsp3) is 0.429. The molecule has 0 spiro atoms. The number of anilines is 1. The molecule has 1 aromatic rings. The highest BCUT2D eigenvalue weighted by atomic mass is 16.5. The minimum absolute atomic E-state index is 0.190. The monoisotopic (exact) mass is 197 g/mol. The van der Waals surface area contributed by atoms with E-state index in [4.69, 9.17) is 5.02 Å². The molecule has 0 unspecified atom stereocenters. The Labute approximate surface area is 82.0 Å². The van der Waals surface area contributed by atoms with E-state index in [2.05, 4.69) is 14.9 Å². The van der Waals surface area contributed by atoms with E-state index in [0.29, 0.717) is 5.82 Å². The molecule has 1 heterocycles.